The second-order valence-electron chi connectivity index (χ2n) is 8.24. The van der Waals surface area contributed by atoms with Crippen LogP contribution in [-0.4, -0.2) is 35.6 Å². The number of nitriles is 1. The number of ether oxygens (including phenoxy) is 1. The van der Waals surface area contributed by atoms with E-state index >= 15 is 0 Å². The molecule has 0 fully saturated rings. The molecule has 0 saturated heterocycles. The molecule has 0 heterocycles. The van der Waals surface area contributed by atoms with Crippen LogP contribution in [0.1, 0.15) is 40.7 Å². The van der Waals surface area contributed by atoms with Crippen molar-refractivity contribution in [1.82, 2.24) is 5.32 Å². The maximum atomic E-state index is 14.2. The first kappa shape index (κ1) is 23.4. The summed E-state index contributed by atoms with van der Waals surface area (Å²) in [6.45, 7) is 0.217. The highest BCUT2D eigenvalue weighted by molar-refractivity contribution is 5.79. The molecule has 0 aromatic heterocycles. The lowest BCUT2D eigenvalue weighted by Gasteiger charge is -2.19. The Hall–Kier alpha value is -3.73. The van der Waals surface area contributed by atoms with Crippen molar-refractivity contribution in [3.05, 3.63) is 94.8 Å². The summed E-state index contributed by atoms with van der Waals surface area (Å²) < 4.78 is 19.7. The highest BCUT2D eigenvalue weighted by Crippen LogP contribution is 2.44. The van der Waals surface area contributed by atoms with E-state index in [9.17, 15) is 19.4 Å². The largest absolute Gasteiger partial charge is 0.449 e. The Morgan fingerprint density at radius 2 is 1.71 bits per heavy atom. The number of amides is 1. The van der Waals surface area contributed by atoms with Crippen LogP contribution in [0.15, 0.2) is 66.7 Å². The van der Waals surface area contributed by atoms with E-state index in [1.807, 2.05) is 42.5 Å². The molecule has 1 amide bonds. The molecule has 4 rings (SSSR count). The molecule has 3 aromatic rings. The van der Waals surface area contributed by atoms with Gasteiger partial charge in [0.05, 0.1) is 18.6 Å². The van der Waals surface area contributed by atoms with E-state index < -0.39 is 24.1 Å². The number of hydrogen-bond donors (Lipinski definition) is 3. The normalized spacial score (nSPS) is 13.9. The summed E-state index contributed by atoms with van der Waals surface area (Å²) in [5.41, 5.74) is 4.92. The smallest absolute Gasteiger partial charge is 0.407 e. The van der Waals surface area contributed by atoms with Gasteiger partial charge >= 0.3 is 6.09 Å². The predicted molar refractivity (Wildman–Crippen MR) is 124 cm³/mol. The number of fused-ring (bicyclic) bond motifs is 3. The minimum Gasteiger partial charge on any atom is -0.449 e. The van der Waals surface area contributed by atoms with Gasteiger partial charge in [-0.05, 0) is 40.3 Å². The number of alkyl carbamates (subject to hydrolysis) is 1. The van der Waals surface area contributed by atoms with Gasteiger partial charge in [0.1, 0.15) is 18.5 Å². The lowest BCUT2D eigenvalue weighted by Crippen LogP contribution is -2.31. The number of nitrogens with one attached hydrogen (secondary N) is 1. The van der Waals surface area contributed by atoms with Crippen molar-refractivity contribution in [2.75, 3.05) is 13.2 Å². The van der Waals surface area contributed by atoms with Crippen LogP contribution in [0.25, 0.3) is 11.1 Å². The summed E-state index contributed by atoms with van der Waals surface area (Å²) in [5.74, 6) is -0.749. The first-order chi connectivity index (χ1) is 16.5. The number of carbonyl (C=O) groups excluding carboxylic acids is 1. The molecule has 0 radical (unpaired) electrons. The first-order valence-corrected chi connectivity index (χ1v) is 11.1. The van der Waals surface area contributed by atoms with Gasteiger partial charge in [-0.15, -0.1) is 0 Å². The summed E-state index contributed by atoms with van der Waals surface area (Å²) in [6.07, 6.45) is -3.31. The summed E-state index contributed by atoms with van der Waals surface area (Å²) in [5, 5.41) is 31.8. The van der Waals surface area contributed by atoms with Crippen molar-refractivity contribution in [3.63, 3.8) is 0 Å². The number of halogens is 1. The maximum absolute atomic E-state index is 14.2. The van der Waals surface area contributed by atoms with E-state index in [-0.39, 0.29) is 37.5 Å². The molecular formula is C27H25FN2O4. The fourth-order valence-electron chi connectivity index (χ4n) is 4.35. The van der Waals surface area contributed by atoms with Gasteiger partial charge in [-0.1, -0.05) is 60.7 Å². The van der Waals surface area contributed by atoms with Crippen molar-refractivity contribution in [1.29, 1.82) is 5.26 Å². The summed E-state index contributed by atoms with van der Waals surface area (Å²) in [4.78, 5) is 12.2. The molecule has 34 heavy (non-hydrogen) atoms. The highest BCUT2D eigenvalue weighted by Gasteiger charge is 2.29. The Morgan fingerprint density at radius 1 is 1.06 bits per heavy atom. The average molecular weight is 461 g/mol. The monoisotopic (exact) mass is 460 g/mol. The lowest BCUT2D eigenvalue weighted by atomic mass is 9.98. The topological polar surface area (TPSA) is 103 Å². The van der Waals surface area contributed by atoms with E-state index in [2.05, 4.69) is 17.4 Å². The third kappa shape index (κ3) is 4.93. The standard InChI is InChI=1S/C27H25FN2O4/c28-24-15-17(11-13-29)9-10-22(24)26(32)25(31)12-14-30-27(33)34-16-23-20-7-3-1-5-18(20)19-6-2-4-8-21(19)23/h1-10,15,23,25-26,31-32H,11-12,14,16H2,(H,30,33). The van der Waals surface area contributed by atoms with Crippen LogP contribution in [-0.2, 0) is 11.2 Å². The average Bonchev–Trinajstić information content (AvgIpc) is 3.16. The Morgan fingerprint density at radius 3 is 2.32 bits per heavy atom. The van der Waals surface area contributed by atoms with Gasteiger partial charge in [-0.2, -0.15) is 5.26 Å². The van der Waals surface area contributed by atoms with Crippen LogP contribution in [0.2, 0.25) is 0 Å². The van der Waals surface area contributed by atoms with Crippen LogP contribution in [0.4, 0.5) is 9.18 Å². The third-order valence-electron chi connectivity index (χ3n) is 6.08. The van der Waals surface area contributed by atoms with E-state index in [1.165, 1.54) is 18.2 Å². The van der Waals surface area contributed by atoms with Crippen LogP contribution < -0.4 is 5.32 Å². The molecule has 6 nitrogen and oxygen atoms in total. The summed E-state index contributed by atoms with van der Waals surface area (Å²) in [7, 11) is 0. The summed E-state index contributed by atoms with van der Waals surface area (Å²) in [6, 6.07) is 22.1. The molecule has 0 spiro atoms. The van der Waals surface area contributed by atoms with Crippen LogP contribution in [0.5, 0.6) is 0 Å². The fourth-order valence-corrected chi connectivity index (χ4v) is 4.35. The van der Waals surface area contributed by atoms with Gasteiger partial charge in [0.2, 0.25) is 0 Å². The molecule has 2 unspecified atom stereocenters. The second kappa shape index (κ2) is 10.5. The van der Waals surface area contributed by atoms with E-state index in [0.29, 0.717) is 5.56 Å². The number of rotatable bonds is 8. The highest BCUT2D eigenvalue weighted by atomic mass is 19.1. The molecule has 3 aromatic carbocycles. The predicted octanol–water partition coefficient (Wildman–Crippen LogP) is 4.21. The number of nitrogens with zero attached hydrogens (tertiary/aromatic N) is 1. The molecular weight excluding hydrogens is 435 g/mol. The van der Waals surface area contributed by atoms with Crippen molar-refractivity contribution in [2.45, 2.75) is 31.0 Å². The molecule has 0 bridgehead atoms. The van der Waals surface area contributed by atoms with E-state index in [0.717, 1.165) is 22.3 Å². The van der Waals surface area contributed by atoms with Crippen LogP contribution in [0.3, 0.4) is 0 Å². The number of carbonyl (C=O) groups is 1. The minimum atomic E-state index is -1.46. The SMILES string of the molecule is N#CCc1ccc(C(O)C(O)CCNC(=O)OCC2c3ccccc3-c3ccccc32)c(F)c1. The molecule has 1 aliphatic carbocycles. The molecule has 0 saturated carbocycles. The quantitative estimate of drug-likeness (QED) is 0.467. The van der Waals surface area contributed by atoms with Crippen molar-refractivity contribution in [3.8, 4) is 17.2 Å². The molecule has 0 aliphatic heterocycles. The maximum Gasteiger partial charge on any atom is 0.407 e. The van der Waals surface area contributed by atoms with Crippen LogP contribution in [0, 0.1) is 17.1 Å². The lowest BCUT2D eigenvalue weighted by molar-refractivity contribution is 0.0116. The summed E-state index contributed by atoms with van der Waals surface area (Å²) >= 11 is 0. The van der Waals surface area contributed by atoms with Gasteiger partial charge in [0.15, 0.2) is 0 Å². The Balaban J connectivity index is 1.28. The Labute approximate surface area is 197 Å². The third-order valence-corrected chi connectivity index (χ3v) is 6.08. The fraction of sp³-hybridized carbons (Fsp3) is 0.259. The molecule has 3 N–H and O–H groups in total. The number of aliphatic hydroxyl groups is 2. The minimum absolute atomic E-state index is 0.00471. The van der Waals surface area contributed by atoms with Crippen LogP contribution >= 0.6 is 0 Å². The van der Waals surface area contributed by atoms with E-state index in [1.54, 1.807) is 0 Å². The van der Waals surface area contributed by atoms with Crippen molar-refractivity contribution < 1.29 is 24.1 Å². The van der Waals surface area contributed by atoms with Gasteiger partial charge in [-0.25, -0.2) is 9.18 Å². The van der Waals surface area contributed by atoms with Gasteiger partial charge in [-0.3, -0.25) is 0 Å². The molecule has 1 aliphatic rings. The Kier molecular flexibility index (Phi) is 7.21. The number of hydrogen-bond acceptors (Lipinski definition) is 5. The number of aliphatic hydroxyl groups excluding tert-OH is 2. The number of benzene rings is 3. The first-order valence-electron chi connectivity index (χ1n) is 11.1. The van der Waals surface area contributed by atoms with Crippen molar-refractivity contribution in [2.24, 2.45) is 0 Å². The van der Waals surface area contributed by atoms with Crippen molar-refractivity contribution >= 4 is 6.09 Å². The molecule has 174 valence electrons. The van der Waals surface area contributed by atoms with Gasteiger partial charge < -0.3 is 20.3 Å². The molecule has 2 atom stereocenters. The zero-order valence-electron chi connectivity index (χ0n) is 18.4. The molecule has 7 heteroatoms. The Bertz CT molecular complexity index is 1180. The zero-order valence-corrected chi connectivity index (χ0v) is 18.4. The van der Waals surface area contributed by atoms with Gasteiger partial charge in [0, 0.05) is 18.0 Å². The van der Waals surface area contributed by atoms with E-state index in [4.69, 9.17) is 10.00 Å². The zero-order chi connectivity index (χ0) is 24.1. The van der Waals surface area contributed by atoms with Gasteiger partial charge in [0.25, 0.3) is 0 Å². The second-order valence-corrected chi connectivity index (χ2v) is 8.24.